The van der Waals surface area contributed by atoms with Gasteiger partial charge in [-0.25, -0.2) is 14.4 Å². The molecule has 1 amide bonds. The molecule has 3 aromatic heterocycles. The van der Waals surface area contributed by atoms with E-state index in [2.05, 4.69) is 30.6 Å². The zero-order valence-electron chi connectivity index (χ0n) is 20.0. The highest BCUT2D eigenvalue weighted by Crippen LogP contribution is 2.29. The number of carbonyl (C=O) groups is 1. The maximum absolute atomic E-state index is 14.7. The van der Waals surface area contributed by atoms with Crippen LogP contribution in [0.25, 0.3) is 22.2 Å². The Morgan fingerprint density at radius 2 is 1.91 bits per heavy atom. The van der Waals surface area contributed by atoms with Gasteiger partial charge in [-0.3, -0.25) is 14.8 Å². The highest BCUT2D eigenvalue weighted by molar-refractivity contribution is 6.06. The number of hydrogen-bond acceptors (Lipinski definition) is 7. The molecule has 0 unspecified atom stereocenters. The molecule has 0 saturated heterocycles. The second-order valence-corrected chi connectivity index (χ2v) is 8.86. The quantitative estimate of drug-likeness (QED) is 0.371. The topological polar surface area (TPSA) is 113 Å². The van der Waals surface area contributed by atoms with Crippen molar-refractivity contribution in [3.63, 3.8) is 0 Å². The maximum atomic E-state index is 14.7. The molecule has 1 aromatic carbocycles. The standard InChI is InChI=1S/C26H27FN6O2/c1-15(17-6-7-19(27)23-18(25(34)28-4)9-10-29-24(17)23)12-31-22-11-20(32-14-33-22)16-5-8-21(30-13-16)26(2,3)35/h5-11,13-15,35H,12H2,1-4H3,(H,28,34)(H,31,32,33)/t15-/m1/s1. The number of aliphatic hydroxyl groups is 1. The first-order valence-corrected chi connectivity index (χ1v) is 11.2. The number of rotatable bonds is 7. The first-order valence-electron chi connectivity index (χ1n) is 11.2. The molecule has 0 aliphatic heterocycles. The third kappa shape index (κ3) is 5.09. The van der Waals surface area contributed by atoms with Crippen LogP contribution in [0.1, 0.15) is 48.3 Å². The Balaban J connectivity index is 1.55. The Hall–Kier alpha value is -3.98. The number of nitrogens with one attached hydrogen (secondary N) is 2. The van der Waals surface area contributed by atoms with Crippen LogP contribution in [0.5, 0.6) is 0 Å². The van der Waals surface area contributed by atoms with E-state index in [1.54, 1.807) is 32.2 Å². The molecule has 4 aromatic rings. The molecule has 1 atom stereocenters. The Bertz CT molecular complexity index is 1370. The van der Waals surface area contributed by atoms with Crippen LogP contribution >= 0.6 is 0 Å². The number of carbonyl (C=O) groups excluding carboxylic acids is 1. The lowest BCUT2D eigenvalue weighted by Crippen LogP contribution is -2.19. The number of anilines is 1. The van der Waals surface area contributed by atoms with Crippen LogP contribution in [0.3, 0.4) is 0 Å². The maximum Gasteiger partial charge on any atom is 0.251 e. The normalized spacial score (nSPS) is 12.4. The highest BCUT2D eigenvalue weighted by Gasteiger charge is 2.19. The van der Waals surface area contributed by atoms with E-state index >= 15 is 0 Å². The summed E-state index contributed by atoms with van der Waals surface area (Å²) in [4.78, 5) is 29.6. The largest absolute Gasteiger partial charge is 0.384 e. The number of pyridine rings is 2. The van der Waals surface area contributed by atoms with Crippen LogP contribution in [-0.2, 0) is 5.60 Å². The van der Waals surface area contributed by atoms with Crippen LogP contribution in [0, 0.1) is 5.82 Å². The van der Waals surface area contributed by atoms with Crippen molar-refractivity contribution >= 4 is 22.6 Å². The van der Waals surface area contributed by atoms with Crippen LogP contribution in [0.2, 0.25) is 0 Å². The fourth-order valence-corrected chi connectivity index (χ4v) is 3.86. The van der Waals surface area contributed by atoms with Crippen molar-refractivity contribution in [2.45, 2.75) is 32.3 Å². The summed E-state index contributed by atoms with van der Waals surface area (Å²) >= 11 is 0. The van der Waals surface area contributed by atoms with E-state index in [9.17, 15) is 14.3 Å². The molecule has 0 spiro atoms. The van der Waals surface area contributed by atoms with E-state index < -0.39 is 11.4 Å². The number of fused-ring (bicyclic) bond motifs is 1. The molecule has 0 saturated carbocycles. The number of halogens is 1. The molecule has 4 rings (SSSR count). The summed E-state index contributed by atoms with van der Waals surface area (Å²) in [5, 5.41) is 16.2. The minimum Gasteiger partial charge on any atom is -0.384 e. The average Bonchev–Trinajstić information content (AvgIpc) is 2.86. The number of benzene rings is 1. The monoisotopic (exact) mass is 474 g/mol. The molecule has 180 valence electrons. The molecule has 9 heteroatoms. The molecule has 0 aliphatic rings. The molecule has 8 nitrogen and oxygen atoms in total. The summed E-state index contributed by atoms with van der Waals surface area (Å²) < 4.78 is 14.7. The van der Waals surface area contributed by atoms with E-state index in [4.69, 9.17) is 0 Å². The van der Waals surface area contributed by atoms with E-state index in [-0.39, 0.29) is 22.8 Å². The Morgan fingerprint density at radius 1 is 1.11 bits per heavy atom. The van der Waals surface area contributed by atoms with Gasteiger partial charge in [-0.15, -0.1) is 0 Å². The average molecular weight is 475 g/mol. The zero-order valence-corrected chi connectivity index (χ0v) is 20.0. The van der Waals surface area contributed by atoms with Crippen LogP contribution < -0.4 is 10.6 Å². The summed E-state index contributed by atoms with van der Waals surface area (Å²) in [6.45, 7) is 5.86. The van der Waals surface area contributed by atoms with Gasteiger partial charge < -0.3 is 15.7 Å². The van der Waals surface area contributed by atoms with Gasteiger partial charge in [0.2, 0.25) is 0 Å². The third-order valence-electron chi connectivity index (χ3n) is 5.82. The SMILES string of the molecule is CNC(=O)c1ccnc2c([C@H](C)CNc3cc(-c4ccc(C(C)(C)O)nc4)ncn3)ccc(F)c12. The van der Waals surface area contributed by atoms with Crippen molar-refractivity contribution in [3.05, 3.63) is 77.8 Å². The minimum absolute atomic E-state index is 0.0586. The van der Waals surface area contributed by atoms with Gasteiger partial charge in [0.25, 0.3) is 5.91 Å². The smallest absolute Gasteiger partial charge is 0.251 e. The summed E-state index contributed by atoms with van der Waals surface area (Å²) in [5.74, 6) is -0.284. The number of nitrogens with zero attached hydrogens (tertiary/aromatic N) is 4. The molecular weight excluding hydrogens is 447 g/mol. The highest BCUT2D eigenvalue weighted by atomic mass is 19.1. The van der Waals surface area contributed by atoms with Crippen LogP contribution in [0.15, 0.2) is 55.1 Å². The molecule has 0 bridgehead atoms. The lowest BCUT2D eigenvalue weighted by Gasteiger charge is -2.17. The van der Waals surface area contributed by atoms with Gasteiger partial charge >= 0.3 is 0 Å². The van der Waals surface area contributed by atoms with Crippen molar-refractivity contribution in [1.82, 2.24) is 25.3 Å². The van der Waals surface area contributed by atoms with Gasteiger partial charge in [-0.1, -0.05) is 13.0 Å². The Morgan fingerprint density at radius 3 is 2.60 bits per heavy atom. The van der Waals surface area contributed by atoms with Gasteiger partial charge in [0.15, 0.2) is 0 Å². The minimum atomic E-state index is -1.02. The number of amides is 1. The van der Waals surface area contributed by atoms with Gasteiger partial charge in [-0.2, -0.15) is 0 Å². The van der Waals surface area contributed by atoms with Gasteiger partial charge in [-0.05, 0) is 43.7 Å². The van der Waals surface area contributed by atoms with E-state index in [0.29, 0.717) is 29.3 Å². The van der Waals surface area contributed by atoms with Crippen molar-refractivity contribution in [1.29, 1.82) is 0 Å². The van der Waals surface area contributed by atoms with E-state index in [0.717, 1.165) is 11.1 Å². The molecule has 0 aliphatic carbocycles. The summed E-state index contributed by atoms with van der Waals surface area (Å²) in [6.07, 6.45) is 4.66. The predicted molar refractivity (Wildman–Crippen MR) is 133 cm³/mol. The lowest BCUT2D eigenvalue weighted by atomic mass is 9.95. The first-order chi connectivity index (χ1) is 16.7. The van der Waals surface area contributed by atoms with Crippen LogP contribution in [0.4, 0.5) is 10.2 Å². The Labute approximate surface area is 202 Å². The molecule has 3 heterocycles. The second kappa shape index (κ2) is 9.71. The van der Waals surface area contributed by atoms with Crippen LogP contribution in [-0.4, -0.2) is 44.5 Å². The fourth-order valence-electron chi connectivity index (χ4n) is 3.86. The molecular formula is C26H27FN6O2. The molecule has 3 N–H and O–H groups in total. The number of hydrogen-bond donors (Lipinski definition) is 3. The summed E-state index contributed by atoms with van der Waals surface area (Å²) in [7, 11) is 1.51. The van der Waals surface area contributed by atoms with Crippen molar-refractivity contribution in [2.24, 2.45) is 0 Å². The number of aromatic nitrogens is 4. The van der Waals surface area contributed by atoms with Gasteiger partial charge in [0.1, 0.15) is 23.6 Å². The summed E-state index contributed by atoms with van der Waals surface area (Å²) in [6, 6.07) is 10.0. The molecule has 0 fully saturated rings. The van der Waals surface area contributed by atoms with Crippen molar-refractivity contribution < 1.29 is 14.3 Å². The van der Waals surface area contributed by atoms with E-state index in [1.165, 1.54) is 31.7 Å². The third-order valence-corrected chi connectivity index (χ3v) is 5.82. The zero-order chi connectivity index (χ0) is 25.2. The first kappa shape index (κ1) is 24.2. The molecule has 35 heavy (non-hydrogen) atoms. The lowest BCUT2D eigenvalue weighted by molar-refractivity contribution is 0.0738. The van der Waals surface area contributed by atoms with E-state index in [1.807, 2.05) is 19.1 Å². The predicted octanol–water partition coefficient (Wildman–Crippen LogP) is 4.03. The van der Waals surface area contributed by atoms with Gasteiger partial charge in [0, 0.05) is 48.9 Å². The fraction of sp³-hybridized carbons (Fsp3) is 0.269. The Kier molecular flexibility index (Phi) is 6.70. The van der Waals surface area contributed by atoms with Gasteiger partial charge in [0.05, 0.1) is 22.5 Å². The summed E-state index contributed by atoms with van der Waals surface area (Å²) in [5.41, 5.74) is 2.57. The van der Waals surface area contributed by atoms with Crippen molar-refractivity contribution in [2.75, 3.05) is 18.9 Å². The second-order valence-electron chi connectivity index (χ2n) is 8.86. The molecule has 0 radical (unpaired) electrons. The van der Waals surface area contributed by atoms with Crippen molar-refractivity contribution in [3.8, 4) is 11.3 Å².